The molecule has 1 atom stereocenters. The molecule has 0 heterocycles. The third kappa shape index (κ3) is 2.18. The Bertz CT molecular complexity index is 24.7. The highest BCUT2D eigenvalue weighted by Crippen LogP contribution is 1.82. The van der Waals surface area contributed by atoms with Crippen molar-refractivity contribution in [3.05, 3.63) is 6.92 Å². The van der Waals surface area contributed by atoms with Crippen molar-refractivity contribution in [1.29, 1.82) is 0 Å². The summed E-state index contributed by atoms with van der Waals surface area (Å²) in [5, 5.41) is 16.4. The molecule has 1 radical (unpaired) electrons. The highest BCUT2D eigenvalue weighted by molar-refractivity contribution is 4.51. The first-order valence-electron chi connectivity index (χ1n) is 1.89. The molecule has 0 aliphatic rings. The Labute approximate surface area is 37.4 Å². The van der Waals surface area contributed by atoms with Crippen molar-refractivity contribution in [3.8, 4) is 0 Å². The molecule has 2 nitrogen and oxygen atoms in total. The van der Waals surface area contributed by atoms with Crippen LogP contribution in [0.4, 0.5) is 0 Å². The highest BCUT2D eigenvalue weighted by atomic mass is 16.3. The maximum absolute atomic E-state index is 8.35. The third-order valence-corrected chi connectivity index (χ3v) is 0.544. The standard InChI is InChI=1S/C4H9O2/c1-2-4(6)3-5/h4-6H,1-3H2. The molecule has 2 heteroatoms. The quantitative estimate of drug-likeness (QED) is 0.481. The summed E-state index contributed by atoms with van der Waals surface area (Å²) in [7, 11) is 0. The number of aliphatic hydroxyl groups is 2. The molecule has 1 unspecified atom stereocenters. The van der Waals surface area contributed by atoms with Crippen LogP contribution < -0.4 is 0 Å². The van der Waals surface area contributed by atoms with Crippen LogP contribution in [0.25, 0.3) is 0 Å². The van der Waals surface area contributed by atoms with Crippen LogP contribution in [0.2, 0.25) is 0 Å². The molecule has 0 fully saturated rings. The Morgan fingerprint density at radius 2 is 2.17 bits per heavy atom. The van der Waals surface area contributed by atoms with Gasteiger partial charge in [0.25, 0.3) is 0 Å². The van der Waals surface area contributed by atoms with Crippen molar-refractivity contribution >= 4 is 0 Å². The lowest BCUT2D eigenvalue weighted by Crippen LogP contribution is -2.08. The predicted octanol–water partition coefficient (Wildman–Crippen LogP) is -0.436. The lowest BCUT2D eigenvalue weighted by molar-refractivity contribution is 0.0971. The predicted molar refractivity (Wildman–Crippen MR) is 23.1 cm³/mol. The minimum Gasteiger partial charge on any atom is -0.394 e. The van der Waals surface area contributed by atoms with E-state index in [4.69, 9.17) is 10.2 Å². The average molecular weight is 89.1 g/mol. The van der Waals surface area contributed by atoms with Crippen LogP contribution in [-0.2, 0) is 0 Å². The molecule has 2 N–H and O–H groups in total. The summed E-state index contributed by atoms with van der Waals surface area (Å²) in [4.78, 5) is 0. The fourth-order valence-corrected chi connectivity index (χ4v) is 0.0913. The summed E-state index contributed by atoms with van der Waals surface area (Å²) >= 11 is 0. The van der Waals surface area contributed by atoms with Crippen LogP contribution in [0.5, 0.6) is 0 Å². The van der Waals surface area contributed by atoms with E-state index in [1.54, 1.807) is 0 Å². The topological polar surface area (TPSA) is 40.5 Å². The van der Waals surface area contributed by atoms with E-state index in [1.165, 1.54) is 0 Å². The normalized spacial score (nSPS) is 14.5. The minimum atomic E-state index is -0.620. The zero-order valence-corrected chi connectivity index (χ0v) is 3.59. The van der Waals surface area contributed by atoms with Crippen LogP contribution in [-0.4, -0.2) is 22.9 Å². The average Bonchev–Trinajstić information content (AvgIpc) is 1.65. The van der Waals surface area contributed by atoms with Crippen molar-refractivity contribution in [2.45, 2.75) is 12.5 Å². The summed E-state index contributed by atoms with van der Waals surface area (Å²) in [6.45, 7) is 3.17. The molecule has 0 aliphatic carbocycles. The highest BCUT2D eigenvalue weighted by Gasteiger charge is 1.92. The van der Waals surface area contributed by atoms with Crippen molar-refractivity contribution in [2.24, 2.45) is 0 Å². The van der Waals surface area contributed by atoms with Crippen molar-refractivity contribution in [3.63, 3.8) is 0 Å². The van der Waals surface area contributed by atoms with E-state index in [9.17, 15) is 0 Å². The van der Waals surface area contributed by atoms with Crippen LogP contribution in [0.15, 0.2) is 0 Å². The van der Waals surface area contributed by atoms with Crippen LogP contribution >= 0.6 is 0 Å². The zero-order chi connectivity index (χ0) is 4.99. The number of rotatable bonds is 2. The molecule has 0 amide bonds. The second-order valence-electron chi connectivity index (χ2n) is 1.13. The SMILES string of the molecule is [CH2]CC(O)CO. The van der Waals surface area contributed by atoms with Crippen LogP contribution in [0.1, 0.15) is 6.42 Å². The molecule has 0 rings (SSSR count). The van der Waals surface area contributed by atoms with E-state index in [2.05, 4.69) is 6.92 Å². The molecule has 0 aromatic rings. The second-order valence-corrected chi connectivity index (χ2v) is 1.13. The molecule has 0 aliphatic heterocycles. The first-order valence-corrected chi connectivity index (χ1v) is 1.89. The fraction of sp³-hybridized carbons (Fsp3) is 0.750. The Balaban J connectivity index is 2.75. The Morgan fingerprint density at radius 3 is 2.17 bits per heavy atom. The maximum atomic E-state index is 8.35. The molecule has 0 aromatic carbocycles. The van der Waals surface area contributed by atoms with E-state index >= 15 is 0 Å². The van der Waals surface area contributed by atoms with Gasteiger partial charge in [-0.1, -0.05) is 6.92 Å². The van der Waals surface area contributed by atoms with Crippen molar-refractivity contribution in [1.82, 2.24) is 0 Å². The lowest BCUT2D eigenvalue weighted by atomic mass is 10.3. The summed E-state index contributed by atoms with van der Waals surface area (Å²) in [6, 6.07) is 0. The van der Waals surface area contributed by atoms with Gasteiger partial charge < -0.3 is 10.2 Å². The van der Waals surface area contributed by atoms with Gasteiger partial charge in [0.1, 0.15) is 0 Å². The van der Waals surface area contributed by atoms with Gasteiger partial charge in [-0.15, -0.1) is 0 Å². The van der Waals surface area contributed by atoms with E-state index < -0.39 is 6.10 Å². The first-order chi connectivity index (χ1) is 2.81. The number of aliphatic hydroxyl groups excluding tert-OH is 2. The van der Waals surface area contributed by atoms with Gasteiger partial charge in [-0.25, -0.2) is 0 Å². The van der Waals surface area contributed by atoms with Gasteiger partial charge >= 0.3 is 0 Å². The van der Waals surface area contributed by atoms with E-state index in [0.29, 0.717) is 6.42 Å². The van der Waals surface area contributed by atoms with Gasteiger partial charge in [0.15, 0.2) is 0 Å². The van der Waals surface area contributed by atoms with Crippen molar-refractivity contribution < 1.29 is 10.2 Å². The van der Waals surface area contributed by atoms with Gasteiger partial charge in [0, 0.05) is 0 Å². The molecule has 6 heavy (non-hydrogen) atoms. The van der Waals surface area contributed by atoms with Crippen molar-refractivity contribution in [2.75, 3.05) is 6.61 Å². The van der Waals surface area contributed by atoms with Gasteiger partial charge in [0.05, 0.1) is 12.7 Å². The van der Waals surface area contributed by atoms with Gasteiger partial charge in [-0.2, -0.15) is 0 Å². The van der Waals surface area contributed by atoms with Gasteiger partial charge in [0.2, 0.25) is 0 Å². The van der Waals surface area contributed by atoms with Gasteiger partial charge in [-0.3, -0.25) is 0 Å². The fourth-order valence-electron chi connectivity index (χ4n) is 0.0913. The molecule has 0 saturated heterocycles. The number of hydrogen-bond acceptors (Lipinski definition) is 2. The Hall–Kier alpha value is -0.0800. The second kappa shape index (κ2) is 3.12. The summed E-state index contributed by atoms with van der Waals surface area (Å²) < 4.78 is 0. The monoisotopic (exact) mass is 89.1 g/mol. The molecule has 0 bridgehead atoms. The molecular formula is C4H9O2. The van der Waals surface area contributed by atoms with Crippen LogP contribution in [0, 0.1) is 6.92 Å². The van der Waals surface area contributed by atoms with Crippen LogP contribution in [0.3, 0.4) is 0 Å². The Morgan fingerprint density at radius 1 is 1.67 bits per heavy atom. The Kier molecular flexibility index (Phi) is 3.08. The smallest absolute Gasteiger partial charge is 0.0770 e. The van der Waals surface area contributed by atoms with E-state index in [1.807, 2.05) is 0 Å². The maximum Gasteiger partial charge on any atom is 0.0770 e. The third-order valence-electron chi connectivity index (χ3n) is 0.544. The summed E-state index contributed by atoms with van der Waals surface area (Å²) in [6.07, 6.45) is -0.235. The molecular weight excluding hydrogens is 80.0 g/mol. The molecule has 37 valence electrons. The van der Waals surface area contributed by atoms with E-state index in [0.717, 1.165) is 0 Å². The first kappa shape index (κ1) is 5.92. The molecule has 0 saturated carbocycles. The largest absolute Gasteiger partial charge is 0.394 e. The molecule has 0 aromatic heterocycles. The lowest BCUT2D eigenvalue weighted by Gasteiger charge is -1.97. The summed E-state index contributed by atoms with van der Waals surface area (Å²) in [5.74, 6) is 0. The zero-order valence-electron chi connectivity index (χ0n) is 3.59. The number of hydrogen-bond donors (Lipinski definition) is 2. The molecule has 0 spiro atoms. The van der Waals surface area contributed by atoms with Gasteiger partial charge in [-0.05, 0) is 6.42 Å². The van der Waals surface area contributed by atoms with E-state index in [-0.39, 0.29) is 6.61 Å². The minimum absolute atomic E-state index is 0.177. The summed E-state index contributed by atoms with van der Waals surface area (Å²) in [5.41, 5.74) is 0.